The van der Waals surface area contributed by atoms with Gasteiger partial charge in [-0.25, -0.2) is 19.1 Å². The lowest BCUT2D eigenvalue weighted by Gasteiger charge is -2.07. The van der Waals surface area contributed by atoms with Gasteiger partial charge in [0.2, 0.25) is 0 Å². The zero-order valence-corrected chi connectivity index (χ0v) is 18.9. The Morgan fingerprint density at radius 3 is 2.81 bits per heavy atom. The van der Waals surface area contributed by atoms with E-state index in [0.29, 0.717) is 30.9 Å². The second-order valence-corrected chi connectivity index (χ2v) is 7.04. The van der Waals surface area contributed by atoms with Crippen LogP contribution >= 0.6 is 12.4 Å². The van der Waals surface area contributed by atoms with Crippen LogP contribution in [-0.4, -0.2) is 38.6 Å². The minimum absolute atomic E-state index is 0. The molecule has 11 heteroatoms. The number of nitrogens with one attached hydrogen (secondary N) is 2. The van der Waals surface area contributed by atoms with Crippen molar-refractivity contribution in [2.24, 2.45) is 5.73 Å². The molecule has 0 fully saturated rings. The van der Waals surface area contributed by atoms with Gasteiger partial charge in [0.1, 0.15) is 24.4 Å². The highest BCUT2D eigenvalue weighted by atomic mass is 35.5. The highest BCUT2D eigenvalue weighted by Crippen LogP contribution is 2.22. The summed E-state index contributed by atoms with van der Waals surface area (Å²) in [6.07, 6.45) is 1.71. The molecule has 0 unspecified atom stereocenters. The number of H-pyrrole nitrogens is 1. The van der Waals surface area contributed by atoms with Crippen LogP contribution in [0.5, 0.6) is 5.75 Å². The standard InChI is InChI=1S/C21H26N8O2.ClH/c1-3-28-15-6-5-13(31-10-8-22)11-16(15)29(4-2)17(28)12-25-21(30)18-19(23)27-20-14(26-18)7-9-24-20;/h5-7,9,11H,3-4,8,10,12,22H2,1-2H3,(H3-,23,24,25,26,27,30);1H/p+1. The summed E-state index contributed by atoms with van der Waals surface area (Å²) in [5, 5.41) is 2.95. The van der Waals surface area contributed by atoms with Crippen molar-refractivity contribution in [1.82, 2.24) is 24.8 Å². The number of aryl methyl sites for hydroxylation is 2. The molecule has 3 aromatic heterocycles. The Balaban J connectivity index is 0.00000289. The van der Waals surface area contributed by atoms with Crippen LogP contribution in [-0.2, 0) is 19.6 Å². The van der Waals surface area contributed by atoms with Crippen LogP contribution in [0.1, 0.15) is 30.2 Å². The largest absolute Gasteiger partial charge is 0.492 e. The fourth-order valence-corrected chi connectivity index (χ4v) is 3.83. The van der Waals surface area contributed by atoms with Gasteiger partial charge in [-0.2, -0.15) is 0 Å². The molecule has 32 heavy (non-hydrogen) atoms. The molecule has 0 aliphatic heterocycles. The quantitative estimate of drug-likeness (QED) is 0.294. The minimum Gasteiger partial charge on any atom is -0.492 e. The molecule has 3 heterocycles. The summed E-state index contributed by atoms with van der Waals surface area (Å²) in [6.45, 7) is 6.89. The molecule has 4 aromatic rings. The van der Waals surface area contributed by atoms with Crippen molar-refractivity contribution in [1.29, 1.82) is 0 Å². The van der Waals surface area contributed by atoms with E-state index in [9.17, 15) is 4.79 Å². The van der Waals surface area contributed by atoms with E-state index in [0.717, 1.165) is 35.7 Å². The zero-order chi connectivity index (χ0) is 22.0. The molecule has 0 atom stereocenters. The Morgan fingerprint density at radius 1 is 1.28 bits per heavy atom. The third kappa shape index (κ3) is 4.19. The maximum atomic E-state index is 12.8. The predicted octanol–water partition coefficient (Wildman–Crippen LogP) is 1.51. The fraction of sp³-hybridized carbons (Fsp3) is 0.333. The Morgan fingerprint density at radius 2 is 2.09 bits per heavy atom. The number of hydrogen-bond donors (Lipinski definition) is 4. The number of amides is 1. The molecule has 0 bridgehead atoms. The van der Waals surface area contributed by atoms with E-state index < -0.39 is 0 Å². The number of hydrogen-bond acceptors (Lipinski definition) is 6. The lowest BCUT2D eigenvalue weighted by molar-refractivity contribution is -0.676. The molecule has 0 aliphatic rings. The smallest absolute Gasteiger partial charge is 0.277 e. The summed E-state index contributed by atoms with van der Waals surface area (Å²) in [5.41, 5.74) is 14.9. The number of nitrogen functional groups attached to an aromatic ring is 1. The maximum absolute atomic E-state index is 12.8. The number of benzene rings is 1. The van der Waals surface area contributed by atoms with E-state index in [1.165, 1.54) is 0 Å². The number of ether oxygens (including phenoxy) is 1. The number of carbonyl (C=O) groups excluding carboxylic acids is 1. The van der Waals surface area contributed by atoms with E-state index in [2.05, 4.69) is 43.3 Å². The first-order valence-corrected chi connectivity index (χ1v) is 10.3. The van der Waals surface area contributed by atoms with Gasteiger partial charge in [-0.05, 0) is 32.0 Å². The molecule has 170 valence electrons. The zero-order valence-electron chi connectivity index (χ0n) is 18.1. The van der Waals surface area contributed by atoms with E-state index in [4.69, 9.17) is 16.2 Å². The van der Waals surface area contributed by atoms with E-state index in [1.54, 1.807) is 12.3 Å². The molecule has 4 rings (SSSR count). The number of rotatable bonds is 8. The first kappa shape index (κ1) is 23.3. The molecule has 0 saturated heterocycles. The van der Waals surface area contributed by atoms with Gasteiger partial charge in [-0.3, -0.25) is 4.79 Å². The summed E-state index contributed by atoms with van der Waals surface area (Å²) >= 11 is 0. The summed E-state index contributed by atoms with van der Waals surface area (Å²) in [7, 11) is 0. The van der Waals surface area contributed by atoms with Crippen LogP contribution < -0.4 is 26.1 Å². The van der Waals surface area contributed by atoms with Gasteiger partial charge in [-0.1, -0.05) is 0 Å². The Labute approximate surface area is 191 Å². The molecule has 10 nitrogen and oxygen atoms in total. The summed E-state index contributed by atoms with van der Waals surface area (Å²) in [5.74, 6) is 1.47. The van der Waals surface area contributed by atoms with Crippen molar-refractivity contribution in [3.8, 4) is 5.75 Å². The van der Waals surface area contributed by atoms with Crippen LogP contribution in [0.2, 0.25) is 0 Å². The molecule has 0 spiro atoms. The lowest BCUT2D eigenvalue weighted by atomic mass is 10.3. The van der Waals surface area contributed by atoms with Gasteiger partial charge >= 0.3 is 0 Å². The van der Waals surface area contributed by atoms with Crippen LogP contribution in [0.25, 0.3) is 22.2 Å². The minimum atomic E-state index is -0.365. The fourth-order valence-electron chi connectivity index (χ4n) is 3.83. The van der Waals surface area contributed by atoms with Crippen molar-refractivity contribution in [2.45, 2.75) is 33.5 Å². The molecule has 0 saturated carbocycles. The van der Waals surface area contributed by atoms with E-state index in [-0.39, 0.29) is 29.8 Å². The van der Waals surface area contributed by atoms with Gasteiger partial charge in [0.15, 0.2) is 28.2 Å². The van der Waals surface area contributed by atoms with Gasteiger partial charge in [-0.15, -0.1) is 12.4 Å². The van der Waals surface area contributed by atoms with Crippen molar-refractivity contribution in [2.75, 3.05) is 18.9 Å². The molecular weight excluding hydrogens is 432 g/mol. The van der Waals surface area contributed by atoms with E-state index >= 15 is 0 Å². The van der Waals surface area contributed by atoms with Gasteiger partial charge in [0.05, 0.1) is 13.1 Å². The van der Waals surface area contributed by atoms with Gasteiger partial charge < -0.3 is 26.5 Å². The molecule has 6 N–H and O–H groups in total. The normalized spacial score (nSPS) is 11.0. The number of aromatic nitrogens is 5. The van der Waals surface area contributed by atoms with Gasteiger partial charge in [0.25, 0.3) is 11.7 Å². The van der Waals surface area contributed by atoms with Crippen LogP contribution in [0.15, 0.2) is 30.5 Å². The summed E-state index contributed by atoms with van der Waals surface area (Å²) < 4.78 is 10.0. The number of fused-ring (bicyclic) bond motifs is 2. The second kappa shape index (κ2) is 9.84. The lowest BCUT2D eigenvalue weighted by Crippen LogP contribution is -2.40. The Hall–Kier alpha value is -3.37. The highest BCUT2D eigenvalue weighted by Gasteiger charge is 2.25. The topological polar surface area (TPSA) is 141 Å². The number of nitrogens with zero attached hydrogens (tertiary/aromatic N) is 4. The first-order valence-electron chi connectivity index (χ1n) is 10.3. The van der Waals surface area contributed by atoms with Crippen LogP contribution in [0, 0.1) is 0 Å². The Kier molecular flexibility index (Phi) is 7.16. The SMILES string of the molecule is CCn1c(CNC(=O)c2nc3cc[nH]c3nc2N)[n+](CC)c2ccc(OCCN)cc21.Cl. The molecule has 1 amide bonds. The number of imidazole rings is 1. The summed E-state index contributed by atoms with van der Waals surface area (Å²) in [4.78, 5) is 24.3. The second-order valence-electron chi connectivity index (χ2n) is 7.04. The number of anilines is 1. The number of carbonyl (C=O) groups is 1. The third-order valence-electron chi connectivity index (χ3n) is 5.20. The Bertz CT molecular complexity index is 1250. The molecule has 1 aromatic carbocycles. The van der Waals surface area contributed by atoms with Crippen molar-refractivity contribution >= 4 is 46.3 Å². The number of halogens is 1. The summed E-state index contributed by atoms with van der Waals surface area (Å²) in [6, 6.07) is 7.73. The third-order valence-corrected chi connectivity index (χ3v) is 5.20. The molecule has 0 aliphatic carbocycles. The molecular formula is C21H28ClN8O2+. The highest BCUT2D eigenvalue weighted by molar-refractivity contribution is 5.98. The van der Waals surface area contributed by atoms with Crippen molar-refractivity contribution < 1.29 is 14.1 Å². The number of nitrogens with two attached hydrogens (primary N) is 2. The monoisotopic (exact) mass is 459 g/mol. The molecule has 0 radical (unpaired) electrons. The van der Waals surface area contributed by atoms with E-state index in [1.807, 2.05) is 18.2 Å². The van der Waals surface area contributed by atoms with Crippen LogP contribution in [0.3, 0.4) is 0 Å². The van der Waals surface area contributed by atoms with Crippen molar-refractivity contribution in [3.05, 3.63) is 42.0 Å². The predicted molar refractivity (Wildman–Crippen MR) is 125 cm³/mol. The van der Waals surface area contributed by atoms with Crippen molar-refractivity contribution in [3.63, 3.8) is 0 Å². The number of aromatic amines is 1. The maximum Gasteiger partial charge on any atom is 0.277 e. The van der Waals surface area contributed by atoms with Gasteiger partial charge in [0, 0.05) is 18.8 Å². The van der Waals surface area contributed by atoms with Crippen LogP contribution in [0.4, 0.5) is 5.82 Å². The average Bonchev–Trinajstić information content (AvgIpc) is 3.35. The average molecular weight is 460 g/mol. The first-order chi connectivity index (χ1) is 15.1.